The van der Waals surface area contributed by atoms with E-state index >= 15 is 0 Å². The number of aliphatic hydroxyl groups excluding tert-OH is 1. The SMILES string of the molecule is O=CC1C(O)OCCN1Cc1ccc(F)cc1. The summed E-state index contributed by atoms with van der Waals surface area (Å²) in [6, 6.07) is 5.43. The zero-order valence-electron chi connectivity index (χ0n) is 9.25. The molecular weight excluding hydrogens is 225 g/mol. The second kappa shape index (κ2) is 5.35. The van der Waals surface area contributed by atoms with Crippen molar-refractivity contribution in [2.45, 2.75) is 18.9 Å². The summed E-state index contributed by atoms with van der Waals surface area (Å²) in [4.78, 5) is 12.7. The lowest BCUT2D eigenvalue weighted by molar-refractivity contribution is -0.180. The first-order valence-corrected chi connectivity index (χ1v) is 5.44. The Balaban J connectivity index is 2.06. The number of aldehydes is 1. The number of nitrogens with zero attached hydrogens (tertiary/aromatic N) is 1. The Hall–Kier alpha value is -1.30. The molecule has 92 valence electrons. The van der Waals surface area contributed by atoms with Crippen molar-refractivity contribution in [3.63, 3.8) is 0 Å². The molecule has 1 heterocycles. The van der Waals surface area contributed by atoms with Crippen molar-refractivity contribution >= 4 is 6.29 Å². The minimum atomic E-state index is -1.08. The van der Waals surface area contributed by atoms with Gasteiger partial charge in [-0.2, -0.15) is 0 Å². The molecule has 5 heteroatoms. The Labute approximate surface area is 98.6 Å². The molecule has 0 spiro atoms. The van der Waals surface area contributed by atoms with Gasteiger partial charge < -0.3 is 14.6 Å². The molecule has 0 radical (unpaired) electrons. The van der Waals surface area contributed by atoms with Crippen LogP contribution >= 0.6 is 0 Å². The predicted octanol–water partition coefficient (Wildman–Crippen LogP) is 0.544. The summed E-state index contributed by atoms with van der Waals surface area (Å²) in [6.45, 7) is 1.44. The van der Waals surface area contributed by atoms with Crippen LogP contribution in [0.3, 0.4) is 0 Å². The maximum Gasteiger partial charge on any atom is 0.177 e. The van der Waals surface area contributed by atoms with Gasteiger partial charge in [0.05, 0.1) is 6.61 Å². The van der Waals surface area contributed by atoms with Crippen molar-refractivity contribution in [1.29, 1.82) is 0 Å². The van der Waals surface area contributed by atoms with Crippen LogP contribution in [0.15, 0.2) is 24.3 Å². The monoisotopic (exact) mass is 239 g/mol. The highest BCUT2D eigenvalue weighted by atomic mass is 19.1. The summed E-state index contributed by atoms with van der Waals surface area (Å²) in [5, 5.41) is 9.51. The number of ether oxygens (including phenoxy) is 1. The topological polar surface area (TPSA) is 49.8 Å². The molecular formula is C12H14FNO3. The molecule has 1 aromatic rings. The lowest BCUT2D eigenvalue weighted by atomic mass is 10.1. The molecule has 0 aliphatic carbocycles. The maximum absolute atomic E-state index is 12.7. The van der Waals surface area contributed by atoms with Gasteiger partial charge in [0.15, 0.2) is 6.29 Å². The summed E-state index contributed by atoms with van der Waals surface area (Å²) in [7, 11) is 0. The van der Waals surface area contributed by atoms with Crippen LogP contribution in [0.5, 0.6) is 0 Å². The Bertz CT molecular complexity index is 382. The molecule has 1 N–H and O–H groups in total. The van der Waals surface area contributed by atoms with Crippen molar-refractivity contribution < 1.29 is 19.0 Å². The largest absolute Gasteiger partial charge is 0.366 e. The second-order valence-corrected chi connectivity index (χ2v) is 3.98. The van der Waals surface area contributed by atoms with Gasteiger partial charge in [-0.15, -0.1) is 0 Å². The van der Waals surface area contributed by atoms with Crippen molar-refractivity contribution in [2.75, 3.05) is 13.2 Å². The number of carbonyl (C=O) groups is 1. The fourth-order valence-corrected chi connectivity index (χ4v) is 1.88. The Morgan fingerprint density at radius 3 is 2.82 bits per heavy atom. The zero-order valence-corrected chi connectivity index (χ0v) is 9.25. The van der Waals surface area contributed by atoms with Gasteiger partial charge in [0.1, 0.15) is 18.1 Å². The average molecular weight is 239 g/mol. The normalized spacial score (nSPS) is 25.8. The van der Waals surface area contributed by atoms with Gasteiger partial charge in [-0.05, 0) is 17.7 Å². The zero-order chi connectivity index (χ0) is 12.3. The number of aliphatic hydroxyl groups is 1. The quantitative estimate of drug-likeness (QED) is 0.782. The van der Waals surface area contributed by atoms with E-state index in [1.54, 1.807) is 12.1 Å². The van der Waals surface area contributed by atoms with Crippen molar-refractivity contribution in [3.05, 3.63) is 35.6 Å². The molecule has 1 saturated heterocycles. The number of hydrogen-bond donors (Lipinski definition) is 1. The van der Waals surface area contributed by atoms with E-state index in [-0.39, 0.29) is 5.82 Å². The summed E-state index contributed by atoms with van der Waals surface area (Å²) in [6.07, 6.45) is -0.408. The van der Waals surface area contributed by atoms with Gasteiger partial charge in [0, 0.05) is 13.1 Å². The number of rotatable bonds is 3. The van der Waals surface area contributed by atoms with E-state index in [4.69, 9.17) is 4.74 Å². The van der Waals surface area contributed by atoms with Gasteiger partial charge >= 0.3 is 0 Å². The third kappa shape index (κ3) is 2.88. The first kappa shape index (κ1) is 12.2. The van der Waals surface area contributed by atoms with Crippen LogP contribution in [-0.4, -0.2) is 41.8 Å². The van der Waals surface area contributed by atoms with Crippen molar-refractivity contribution in [2.24, 2.45) is 0 Å². The fourth-order valence-electron chi connectivity index (χ4n) is 1.88. The van der Waals surface area contributed by atoms with Crippen LogP contribution in [-0.2, 0) is 16.1 Å². The number of morpholine rings is 1. The predicted molar refractivity (Wildman–Crippen MR) is 58.6 cm³/mol. The van der Waals surface area contributed by atoms with E-state index in [1.165, 1.54) is 12.1 Å². The van der Waals surface area contributed by atoms with Gasteiger partial charge in [-0.1, -0.05) is 12.1 Å². The van der Waals surface area contributed by atoms with Gasteiger partial charge in [-0.3, -0.25) is 4.90 Å². The van der Waals surface area contributed by atoms with Gasteiger partial charge in [0.25, 0.3) is 0 Å². The van der Waals surface area contributed by atoms with Crippen molar-refractivity contribution in [1.82, 2.24) is 4.90 Å². The van der Waals surface area contributed by atoms with Crippen molar-refractivity contribution in [3.8, 4) is 0 Å². The summed E-state index contributed by atoms with van der Waals surface area (Å²) >= 11 is 0. The summed E-state index contributed by atoms with van der Waals surface area (Å²) < 4.78 is 17.7. The molecule has 1 aromatic carbocycles. The molecule has 2 atom stereocenters. The number of halogens is 1. The third-order valence-corrected chi connectivity index (χ3v) is 2.82. The van der Waals surface area contributed by atoms with Crippen LogP contribution < -0.4 is 0 Å². The van der Waals surface area contributed by atoms with E-state index in [2.05, 4.69) is 0 Å². The highest BCUT2D eigenvalue weighted by Gasteiger charge is 2.30. The standard InChI is InChI=1S/C12H14FNO3/c13-10-3-1-9(2-4-10)7-14-5-6-17-12(16)11(14)8-15/h1-4,8,11-12,16H,5-7H2. The van der Waals surface area contributed by atoms with Crippen LogP contribution in [0.25, 0.3) is 0 Å². The highest BCUT2D eigenvalue weighted by Crippen LogP contribution is 2.15. The molecule has 17 heavy (non-hydrogen) atoms. The molecule has 1 aliphatic heterocycles. The lowest BCUT2D eigenvalue weighted by Gasteiger charge is -2.35. The van der Waals surface area contributed by atoms with E-state index in [9.17, 15) is 14.3 Å². The van der Waals surface area contributed by atoms with E-state index in [0.717, 1.165) is 5.56 Å². The number of hydrogen-bond acceptors (Lipinski definition) is 4. The van der Waals surface area contributed by atoms with Gasteiger partial charge in [-0.25, -0.2) is 4.39 Å². The van der Waals surface area contributed by atoms with Crippen LogP contribution in [0.4, 0.5) is 4.39 Å². The molecule has 2 unspecified atom stereocenters. The molecule has 0 aromatic heterocycles. The average Bonchev–Trinajstić information content (AvgIpc) is 2.32. The third-order valence-electron chi connectivity index (χ3n) is 2.82. The van der Waals surface area contributed by atoms with Crippen LogP contribution in [0.2, 0.25) is 0 Å². The van der Waals surface area contributed by atoms with E-state index in [1.807, 2.05) is 4.90 Å². The van der Waals surface area contributed by atoms with Crippen LogP contribution in [0, 0.1) is 5.82 Å². The maximum atomic E-state index is 12.7. The minimum Gasteiger partial charge on any atom is -0.366 e. The molecule has 1 aliphatic rings. The Morgan fingerprint density at radius 1 is 1.47 bits per heavy atom. The first-order chi connectivity index (χ1) is 8.20. The van der Waals surface area contributed by atoms with Gasteiger partial charge in [0.2, 0.25) is 0 Å². The number of benzene rings is 1. The highest BCUT2D eigenvalue weighted by molar-refractivity contribution is 5.58. The molecule has 1 fully saturated rings. The second-order valence-electron chi connectivity index (χ2n) is 3.98. The van der Waals surface area contributed by atoms with E-state index in [0.29, 0.717) is 26.0 Å². The Morgan fingerprint density at radius 2 is 2.18 bits per heavy atom. The van der Waals surface area contributed by atoms with E-state index < -0.39 is 12.3 Å². The number of carbonyl (C=O) groups excluding carboxylic acids is 1. The smallest absolute Gasteiger partial charge is 0.177 e. The fraction of sp³-hybridized carbons (Fsp3) is 0.417. The Kier molecular flexibility index (Phi) is 3.83. The molecule has 2 rings (SSSR count). The molecule has 0 bridgehead atoms. The molecule has 0 amide bonds. The summed E-state index contributed by atoms with van der Waals surface area (Å²) in [5.74, 6) is -0.289. The minimum absolute atomic E-state index is 0.289. The molecule has 0 saturated carbocycles. The lowest BCUT2D eigenvalue weighted by Crippen LogP contribution is -2.51. The van der Waals surface area contributed by atoms with Crippen LogP contribution in [0.1, 0.15) is 5.56 Å². The first-order valence-electron chi connectivity index (χ1n) is 5.44. The summed E-state index contributed by atoms with van der Waals surface area (Å²) in [5.41, 5.74) is 0.896. The molecule has 4 nitrogen and oxygen atoms in total.